The van der Waals surface area contributed by atoms with Crippen LogP contribution in [0.25, 0.3) is 0 Å². The third-order valence-corrected chi connectivity index (χ3v) is 5.25. The molecule has 2 fully saturated rings. The van der Waals surface area contributed by atoms with Gasteiger partial charge in [-0.15, -0.1) is 0 Å². The van der Waals surface area contributed by atoms with Gasteiger partial charge in [-0.25, -0.2) is 0 Å². The Labute approximate surface area is 129 Å². The Bertz CT molecular complexity index is 359. The maximum Gasteiger partial charge on any atom is 0.326 e. The summed E-state index contributed by atoms with van der Waals surface area (Å²) in [6, 6.07) is 1.22. The minimum Gasteiger partial charge on any atom is -0.465 e. The van der Waals surface area contributed by atoms with E-state index in [9.17, 15) is 4.79 Å². The molecule has 0 radical (unpaired) electrons. The first kappa shape index (κ1) is 16.8. The van der Waals surface area contributed by atoms with Gasteiger partial charge in [0, 0.05) is 12.1 Å². The van der Waals surface area contributed by atoms with Crippen LogP contribution >= 0.6 is 0 Å². The van der Waals surface area contributed by atoms with Gasteiger partial charge in [0.05, 0.1) is 6.61 Å². The van der Waals surface area contributed by atoms with Gasteiger partial charge in [-0.2, -0.15) is 0 Å². The van der Waals surface area contributed by atoms with Crippen molar-refractivity contribution in [2.75, 3.05) is 19.7 Å². The van der Waals surface area contributed by atoms with E-state index in [0.29, 0.717) is 24.6 Å². The van der Waals surface area contributed by atoms with Gasteiger partial charge >= 0.3 is 5.97 Å². The van der Waals surface area contributed by atoms with Crippen molar-refractivity contribution < 1.29 is 9.53 Å². The van der Waals surface area contributed by atoms with Gasteiger partial charge in [-0.3, -0.25) is 9.69 Å². The van der Waals surface area contributed by atoms with Crippen LogP contribution in [-0.2, 0) is 9.53 Å². The molecule has 1 heterocycles. The van der Waals surface area contributed by atoms with Crippen molar-refractivity contribution in [2.24, 2.45) is 5.92 Å². The lowest BCUT2D eigenvalue weighted by molar-refractivity contribution is -0.151. The van der Waals surface area contributed by atoms with Crippen LogP contribution in [0.1, 0.15) is 59.8 Å². The number of esters is 1. The minimum atomic E-state index is -0.445. The first-order chi connectivity index (χ1) is 10.0. The summed E-state index contributed by atoms with van der Waals surface area (Å²) in [5, 5.41) is 3.44. The second-order valence-electron chi connectivity index (χ2n) is 6.92. The molecule has 0 aromatic carbocycles. The van der Waals surface area contributed by atoms with Crippen LogP contribution in [0.4, 0.5) is 0 Å². The van der Waals surface area contributed by atoms with Crippen LogP contribution in [0.5, 0.6) is 0 Å². The van der Waals surface area contributed by atoms with E-state index in [0.717, 1.165) is 25.8 Å². The Kier molecular flexibility index (Phi) is 5.67. The van der Waals surface area contributed by atoms with E-state index in [2.05, 4.69) is 31.0 Å². The Balaban J connectivity index is 2.07. The van der Waals surface area contributed by atoms with Crippen molar-refractivity contribution in [3.05, 3.63) is 0 Å². The van der Waals surface area contributed by atoms with Gasteiger partial charge in [-0.1, -0.05) is 20.8 Å². The number of likely N-dealkylation sites (tertiary alicyclic amines) is 1. The molecular formula is C17H32N2O2. The highest BCUT2D eigenvalue weighted by molar-refractivity contribution is 5.81. The molecule has 0 aromatic rings. The Morgan fingerprint density at radius 1 is 1.38 bits per heavy atom. The molecule has 1 N–H and O–H groups in total. The first-order valence-corrected chi connectivity index (χ1v) is 8.72. The number of rotatable bonds is 6. The second kappa shape index (κ2) is 7.10. The average Bonchev–Trinajstić information content (AvgIpc) is 3.05. The fraction of sp³-hybridized carbons (Fsp3) is 0.941. The van der Waals surface area contributed by atoms with Gasteiger partial charge in [0.1, 0.15) is 5.54 Å². The molecule has 1 aliphatic heterocycles. The van der Waals surface area contributed by atoms with Crippen molar-refractivity contribution in [1.29, 1.82) is 0 Å². The largest absolute Gasteiger partial charge is 0.465 e. The molecule has 0 amide bonds. The summed E-state index contributed by atoms with van der Waals surface area (Å²) in [5.41, 5.74) is -0.445. The Morgan fingerprint density at radius 2 is 2.14 bits per heavy atom. The second-order valence-corrected chi connectivity index (χ2v) is 6.92. The van der Waals surface area contributed by atoms with Crippen LogP contribution in [0.2, 0.25) is 0 Å². The molecular weight excluding hydrogens is 264 g/mol. The normalized spacial score (nSPS) is 33.8. The molecule has 4 heteroatoms. The van der Waals surface area contributed by atoms with Crippen molar-refractivity contribution in [3.63, 3.8) is 0 Å². The predicted octanol–water partition coefficient (Wildman–Crippen LogP) is 2.57. The lowest BCUT2D eigenvalue weighted by atomic mass is 9.96. The van der Waals surface area contributed by atoms with Crippen LogP contribution in [0, 0.1) is 5.92 Å². The highest BCUT2D eigenvalue weighted by atomic mass is 16.5. The Morgan fingerprint density at radius 3 is 2.76 bits per heavy atom. The summed E-state index contributed by atoms with van der Waals surface area (Å²) >= 11 is 0. The molecule has 3 unspecified atom stereocenters. The van der Waals surface area contributed by atoms with Gasteiger partial charge in [0.15, 0.2) is 0 Å². The summed E-state index contributed by atoms with van der Waals surface area (Å²) in [5.74, 6) is 0.652. The number of hydrogen-bond donors (Lipinski definition) is 1. The number of hydrogen-bond acceptors (Lipinski definition) is 4. The molecule has 3 atom stereocenters. The van der Waals surface area contributed by atoms with Crippen molar-refractivity contribution in [2.45, 2.75) is 77.4 Å². The number of carbonyl (C=O) groups excluding carboxylic acids is 1. The lowest BCUT2D eigenvalue weighted by Crippen LogP contribution is -2.52. The molecule has 0 bridgehead atoms. The third-order valence-electron chi connectivity index (χ3n) is 5.25. The predicted molar refractivity (Wildman–Crippen MR) is 85.2 cm³/mol. The van der Waals surface area contributed by atoms with E-state index < -0.39 is 5.54 Å². The highest BCUT2D eigenvalue weighted by Gasteiger charge is 2.49. The highest BCUT2D eigenvalue weighted by Crippen LogP contribution is 2.38. The molecule has 2 aliphatic rings. The molecule has 0 spiro atoms. The number of nitrogens with zero attached hydrogens (tertiary/aromatic N) is 1. The van der Waals surface area contributed by atoms with E-state index in [4.69, 9.17) is 4.74 Å². The minimum absolute atomic E-state index is 0.0466. The van der Waals surface area contributed by atoms with Gasteiger partial charge in [-0.05, 0) is 58.0 Å². The lowest BCUT2D eigenvalue weighted by Gasteiger charge is -2.34. The molecule has 21 heavy (non-hydrogen) atoms. The van der Waals surface area contributed by atoms with E-state index >= 15 is 0 Å². The standard InChI is InChI=1S/C17H32N2O2/c1-5-18-17(16(20)21-6-2)10-9-14(12-17)19-11-7-8-15(19)13(3)4/h13-15,18H,5-12H2,1-4H3. The van der Waals surface area contributed by atoms with Crippen molar-refractivity contribution in [1.82, 2.24) is 10.2 Å². The zero-order valence-corrected chi connectivity index (χ0v) is 14.2. The summed E-state index contributed by atoms with van der Waals surface area (Å²) in [6.45, 7) is 11.1. The van der Waals surface area contributed by atoms with Crippen LogP contribution in [-0.4, -0.2) is 48.2 Å². The number of likely N-dealkylation sites (N-methyl/N-ethyl adjacent to an activating group) is 1. The third kappa shape index (κ3) is 3.42. The monoisotopic (exact) mass is 296 g/mol. The van der Waals surface area contributed by atoms with Crippen molar-refractivity contribution >= 4 is 5.97 Å². The first-order valence-electron chi connectivity index (χ1n) is 8.72. The number of carbonyl (C=O) groups is 1. The molecule has 122 valence electrons. The van der Waals surface area contributed by atoms with Crippen LogP contribution in [0.15, 0.2) is 0 Å². The molecule has 1 saturated carbocycles. The zero-order valence-electron chi connectivity index (χ0n) is 14.2. The fourth-order valence-electron chi connectivity index (χ4n) is 4.31. The number of ether oxygens (including phenoxy) is 1. The zero-order chi connectivity index (χ0) is 15.5. The maximum atomic E-state index is 12.4. The molecule has 4 nitrogen and oxygen atoms in total. The Hall–Kier alpha value is -0.610. The van der Waals surface area contributed by atoms with Crippen molar-refractivity contribution in [3.8, 4) is 0 Å². The van der Waals surface area contributed by atoms with Crippen LogP contribution < -0.4 is 5.32 Å². The number of nitrogens with one attached hydrogen (secondary N) is 1. The van der Waals surface area contributed by atoms with Gasteiger partial charge in [0.25, 0.3) is 0 Å². The summed E-state index contributed by atoms with van der Waals surface area (Å²) in [4.78, 5) is 15.1. The fourth-order valence-corrected chi connectivity index (χ4v) is 4.31. The molecule has 1 saturated heterocycles. The quantitative estimate of drug-likeness (QED) is 0.765. The van der Waals surface area contributed by atoms with E-state index in [1.165, 1.54) is 19.4 Å². The van der Waals surface area contributed by atoms with Gasteiger partial charge < -0.3 is 10.1 Å². The van der Waals surface area contributed by atoms with E-state index in [1.807, 2.05) is 6.92 Å². The maximum absolute atomic E-state index is 12.4. The summed E-state index contributed by atoms with van der Waals surface area (Å²) < 4.78 is 5.35. The molecule has 0 aromatic heterocycles. The SMILES string of the molecule is CCNC1(C(=O)OCC)CCC(N2CCCC2C(C)C)C1. The average molecular weight is 296 g/mol. The molecule has 2 rings (SSSR count). The summed E-state index contributed by atoms with van der Waals surface area (Å²) in [7, 11) is 0. The van der Waals surface area contributed by atoms with E-state index in [1.54, 1.807) is 0 Å². The smallest absolute Gasteiger partial charge is 0.326 e. The molecule has 1 aliphatic carbocycles. The van der Waals surface area contributed by atoms with E-state index in [-0.39, 0.29) is 5.97 Å². The summed E-state index contributed by atoms with van der Waals surface area (Å²) in [6.07, 6.45) is 5.53. The topological polar surface area (TPSA) is 41.6 Å². The van der Waals surface area contributed by atoms with Gasteiger partial charge in [0.2, 0.25) is 0 Å². The van der Waals surface area contributed by atoms with Crippen LogP contribution in [0.3, 0.4) is 0 Å².